The molecule has 0 radical (unpaired) electrons. The first-order valence-corrected chi connectivity index (χ1v) is 11.1. The van der Waals surface area contributed by atoms with Crippen molar-refractivity contribution in [2.75, 3.05) is 0 Å². The van der Waals surface area contributed by atoms with Crippen molar-refractivity contribution >= 4 is 15.9 Å². The molecule has 0 N–H and O–H groups in total. The van der Waals surface area contributed by atoms with Gasteiger partial charge in [0, 0.05) is 0 Å². The monoisotopic (exact) mass is 453 g/mol. The maximum Gasteiger partial charge on any atom is 0.106 e. The van der Waals surface area contributed by atoms with Gasteiger partial charge in [0.05, 0.1) is 11.1 Å². The van der Waals surface area contributed by atoms with Gasteiger partial charge in [-0.15, -0.1) is 0 Å². The van der Waals surface area contributed by atoms with Crippen molar-refractivity contribution in [1.82, 2.24) is 4.98 Å². The van der Waals surface area contributed by atoms with E-state index in [9.17, 15) is 0 Å². The molecular formula is C28H24BrN. The van der Waals surface area contributed by atoms with Crippen LogP contribution < -0.4 is 0 Å². The summed E-state index contributed by atoms with van der Waals surface area (Å²) in [5, 5.41) is 0. The van der Waals surface area contributed by atoms with Crippen LogP contribution in [0.4, 0.5) is 0 Å². The number of halogens is 1. The van der Waals surface area contributed by atoms with E-state index in [4.69, 9.17) is 4.98 Å². The van der Waals surface area contributed by atoms with E-state index in [2.05, 4.69) is 128 Å². The van der Waals surface area contributed by atoms with Gasteiger partial charge in [-0.2, -0.15) is 0 Å². The van der Waals surface area contributed by atoms with E-state index in [1.165, 1.54) is 33.4 Å². The second-order valence-corrected chi connectivity index (χ2v) is 9.83. The fraction of sp³-hybridized carbons (Fsp3) is 0.179. The lowest BCUT2D eigenvalue weighted by Gasteiger charge is -2.34. The summed E-state index contributed by atoms with van der Waals surface area (Å²) in [5.41, 5.74) is 8.32. The molecule has 0 bridgehead atoms. The van der Waals surface area contributed by atoms with E-state index in [1.807, 2.05) is 0 Å². The molecule has 1 heterocycles. The first kappa shape index (κ1) is 19.3. The molecule has 5 rings (SSSR count). The Balaban J connectivity index is 1.96. The second-order valence-electron chi connectivity index (χ2n) is 9.02. The minimum atomic E-state index is -0.446. The van der Waals surface area contributed by atoms with Gasteiger partial charge in [0.1, 0.15) is 4.60 Å². The number of aromatic nitrogens is 1. The van der Waals surface area contributed by atoms with Gasteiger partial charge in [-0.3, -0.25) is 0 Å². The van der Waals surface area contributed by atoms with Gasteiger partial charge in [0.2, 0.25) is 0 Å². The highest BCUT2D eigenvalue weighted by Crippen LogP contribution is 2.55. The number of hydrogen-bond donors (Lipinski definition) is 0. The Morgan fingerprint density at radius 3 is 1.80 bits per heavy atom. The molecule has 3 aromatic carbocycles. The molecule has 30 heavy (non-hydrogen) atoms. The van der Waals surface area contributed by atoms with Crippen molar-refractivity contribution in [2.24, 2.45) is 0 Å². The highest BCUT2D eigenvalue weighted by molar-refractivity contribution is 9.10. The Morgan fingerprint density at radius 2 is 1.23 bits per heavy atom. The summed E-state index contributed by atoms with van der Waals surface area (Å²) in [6.07, 6.45) is 0. The Hall–Kier alpha value is -2.71. The fourth-order valence-corrected chi connectivity index (χ4v) is 5.22. The van der Waals surface area contributed by atoms with Crippen LogP contribution in [0.1, 0.15) is 48.7 Å². The smallest absolute Gasteiger partial charge is 0.106 e. The molecule has 1 nitrogen and oxygen atoms in total. The quantitative estimate of drug-likeness (QED) is 0.252. The molecule has 2 heteroatoms. The van der Waals surface area contributed by atoms with Gasteiger partial charge in [-0.05, 0) is 66.9 Å². The van der Waals surface area contributed by atoms with Gasteiger partial charge >= 0.3 is 0 Å². The maximum absolute atomic E-state index is 5.09. The molecule has 1 aliphatic rings. The van der Waals surface area contributed by atoms with Crippen LogP contribution in [0.5, 0.6) is 0 Å². The summed E-state index contributed by atoms with van der Waals surface area (Å²) in [6, 6.07) is 32.8. The third kappa shape index (κ3) is 2.78. The number of hydrogen-bond acceptors (Lipinski definition) is 1. The van der Waals surface area contributed by atoms with E-state index in [1.54, 1.807) is 0 Å². The first-order valence-electron chi connectivity index (χ1n) is 10.4. The summed E-state index contributed by atoms with van der Waals surface area (Å²) >= 11 is 3.72. The van der Waals surface area contributed by atoms with Crippen LogP contribution in [0.3, 0.4) is 0 Å². The third-order valence-corrected chi connectivity index (χ3v) is 6.61. The Kier molecular flexibility index (Phi) is 4.44. The molecule has 0 amide bonds. The van der Waals surface area contributed by atoms with Gasteiger partial charge < -0.3 is 0 Å². The predicted octanol–water partition coefficient (Wildman–Crippen LogP) is 7.50. The van der Waals surface area contributed by atoms with Crippen molar-refractivity contribution in [3.05, 3.63) is 124 Å². The van der Waals surface area contributed by atoms with Gasteiger partial charge in [-0.25, -0.2) is 4.98 Å². The summed E-state index contributed by atoms with van der Waals surface area (Å²) in [7, 11) is 0. The summed E-state index contributed by atoms with van der Waals surface area (Å²) < 4.78 is 0.877. The highest BCUT2D eigenvalue weighted by Gasteiger charge is 2.47. The summed E-state index contributed by atoms with van der Waals surface area (Å²) in [6.45, 7) is 6.76. The zero-order chi connectivity index (χ0) is 20.9. The van der Waals surface area contributed by atoms with Gasteiger partial charge in [0.25, 0.3) is 0 Å². The SMILES string of the molecule is CC(C)(C)c1cc(Br)nc(C2(c3ccccc3)c3ccccc3-c3ccccc32)c1. The normalized spacial score (nSPS) is 14.3. The number of nitrogens with zero attached hydrogens (tertiary/aromatic N) is 1. The van der Waals surface area contributed by atoms with Crippen molar-refractivity contribution in [3.63, 3.8) is 0 Å². The van der Waals surface area contributed by atoms with E-state index >= 15 is 0 Å². The molecule has 0 aliphatic heterocycles. The molecule has 1 aliphatic carbocycles. The van der Waals surface area contributed by atoms with E-state index in [-0.39, 0.29) is 5.41 Å². The predicted molar refractivity (Wildman–Crippen MR) is 128 cm³/mol. The molecule has 4 aromatic rings. The zero-order valence-corrected chi connectivity index (χ0v) is 19.1. The van der Waals surface area contributed by atoms with Crippen LogP contribution >= 0.6 is 15.9 Å². The molecule has 0 unspecified atom stereocenters. The Morgan fingerprint density at radius 1 is 0.700 bits per heavy atom. The molecule has 1 aromatic heterocycles. The molecule has 0 saturated carbocycles. The van der Waals surface area contributed by atoms with Crippen LogP contribution in [-0.2, 0) is 10.8 Å². The molecule has 0 atom stereocenters. The van der Waals surface area contributed by atoms with Crippen LogP contribution in [0.2, 0.25) is 0 Å². The maximum atomic E-state index is 5.09. The fourth-order valence-electron chi connectivity index (χ4n) is 4.78. The average molecular weight is 454 g/mol. The lowest BCUT2D eigenvalue weighted by molar-refractivity contribution is 0.584. The minimum absolute atomic E-state index is 0.0235. The Bertz CT molecular complexity index is 1190. The number of benzene rings is 3. The number of rotatable bonds is 2. The summed E-state index contributed by atoms with van der Waals surface area (Å²) in [4.78, 5) is 5.09. The number of pyridine rings is 1. The zero-order valence-electron chi connectivity index (χ0n) is 17.5. The Labute approximate surface area is 187 Å². The van der Waals surface area contributed by atoms with Crippen LogP contribution in [0, 0.1) is 0 Å². The molecule has 0 fully saturated rings. The lowest BCUT2D eigenvalue weighted by Crippen LogP contribution is -2.30. The van der Waals surface area contributed by atoms with Gasteiger partial charge in [-0.1, -0.05) is 99.6 Å². The summed E-state index contributed by atoms with van der Waals surface area (Å²) in [5.74, 6) is 0. The van der Waals surface area contributed by atoms with E-state index < -0.39 is 5.41 Å². The van der Waals surface area contributed by atoms with Crippen LogP contribution in [0.15, 0.2) is 95.6 Å². The van der Waals surface area contributed by atoms with Crippen LogP contribution in [0.25, 0.3) is 11.1 Å². The molecule has 0 saturated heterocycles. The topological polar surface area (TPSA) is 12.9 Å². The minimum Gasteiger partial charge on any atom is -0.244 e. The first-order chi connectivity index (χ1) is 14.4. The van der Waals surface area contributed by atoms with Gasteiger partial charge in [0.15, 0.2) is 0 Å². The van der Waals surface area contributed by atoms with Crippen molar-refractivity contribution < 1.29 is 0 Å². The molecular weight excluding hydrogens is 430 g/mol. The third-order valence-electron chi connectivity index (χ3n) is 6.20. The highest BCUT2D eigenvalue weighted by atomic mass is 79.9. The van der Waals surface area contributed by atoms with Crippen molar-refractivity contribution in [3.8, 4) is 11.1 Å². The largest absolute Gasteiger partial charge is 0.244 e. The van der Waals surface area contributed by atoms with E-state index in [0.29, 0.717) is 0 Å². The van der Waals surface area contributed by atoms with Crippen molar-refractivity contribution in [1.29, 1.82) is 0 Å². The van der Waals surface area contributed by atoms with Crippen molar-refractivity contribution in [2.45, 2.75) is 31.6 Å². The number of fused-ring (bicyclic) bond motifs is 3. The van der Waals surface area contributed by atoms with Crippen LogP contribution in [-0.4, -0.2) is 4.98 Å². The molecule has 0 spiro atoms. The average Bonchev–Trinajstić information content (AvgIpc) is 3.05. The standard InChI is InChI=1S/C28H24BrN/c1-27(2,3)20-17-25(30-26(29)18-20)28(19-11-5-4-6-12-19)23-15-9-7-13-21(23)22-14-8-10-16-24(22)28/h4-18H,1-3H3. The lowest BCUT2D eigenvalue weighted by atomic mass is 9.69. The van der Waals surface area contributed by atoms with E-state index in [0.717, 1.165) is 10.3 Å². The second kappa shape index (κ2) is 6.92. The molecule has 148 valence electrons.